The van der Waals surface area contributed by atoms with Crippen molar-refractivity contribution in [1.82, 2.24) is 4.90 Å². The molecule has 0 aromatic heterocycles. The van der Waals surface area contributed by atoms with E-state index in [-0.39, 0.29) is 11.6 Å². The van der Waals surface area contributed by atoms with Crippen molar-refractivity contribution in [2.24, 2.45) is 5.92 Å². The molecule has 108 valence electrons. The number of carbonyl (C=O) groups is 2. The average Bonchev–Trinajstić information content (AvgIpc) is 2.45. The molecule has 0 saturated carbocycles. The van der Waals surface area contributed by atoms with Gasteiger partial charge in [-0.15, -0.1) is 0 Å². The fraction of sp³-hybridized carbons (Fsp3) is 0.467. The minimum Gasteiger partial charge on any atom is -0.478 e. The zero-order chi connectivity index (χ0) is 14.7. The van der Waals surface area contributed by atoms with E-state index in [4.69, 9.17) is 0 Å². The summed E-state index contributed by atoms with van der Waals surface area (Å²) in [5.41, 5.74) is 0.580. The fourth-order valence-electron chi connectivity index (χ4n) is 2.63. The maximum absolute atomic E-state index is 12.5. The van der Waals surface area contributed by atoms with Gasteiger partial charge in [0.05, 0.1) is 11.3 Å². The molecule has 1 heterocycles. The number of carboxylic acid groups (broad SMARTS) is 1. The van der Waals surface area contributed by atoms with Crippen LogP contribution in [0.1, 0.15) is 30.1 Å². The summed E-state index contributed by atoms with van der Waals surface area (Å²) in [4.78, 5) is 26.9. The van der Waals surface area contributed by atoms with Crippen LogP contribution < -0.4 is 4.90 Å². The molecule has 1 aliphatic rings. The second kappa shape index (κ2) is 5.94. The molecule has 5 heteroatoms. The van der Waals surface area contributed by atoms with Crippen LogP contribution in [0.3, 0.4) is 0 Å². The minimum atomic E-state index is -1.02. The molecule has 5 nitrogen and oxygen atoms in total. The molecule has 0 aliphatic carbocycles. The summed E-state index contributed by atoms with van der Waals surface area (Å²) in [6.45, 7) is 3.60. The Morgan fingerprint density at radius 1 is 1.35 bits per heavy atom. The molecule has 1 unspecified atom stereocenters. The Balaban J connectivity index is 2.20. The van der Waals surface area contributed by atoms with Crippen LogP contribution in [0.5, 0.6) is 0 Å². The van der Waals surface area contributed by atoms with Crippen LogP contribution in [0.15, 0.2) is 24.3 Å². The molecule has 1 atom stereocenters. The maximum atomic E-state index is 12.5. The second-order valence-corrected chi connectivity index (χ2v) is 5.36. The van der Waals surface area contributed by atoms with Crippen molar-refractivity contribution in [3.63, 3.8) is 0 Å². The van der Waals surface area contributed by atoms with E-state index in [2.05, 4.69) is 6.92 Å². The third-order valence-corrected chi connectivity index (χ3v) is 3.71. The van der Waals surface area contributed by atoms with E-state index in [1.807, 2.05) is 0 Å². The molecule has 2 amide bonds. The average molecular weight is 276 g/mol. The summed E-state index contributed by atoms with van der Waals surface area (Å²) in [6, 6.07) is 6.44. The molecular weight excluding hydrogens is 256 g/mol. The van der Waals surface area contributed by atoms with Gasteiger partial charge in [-0.25, -0.2) is 9.59 Å². The number of piperidine rings is 1. The quantitative estimate of drug-likeness (QED) is 0.903. The lowest BCUT2D eigenvalue weighted by Gasteiger charge is -2.34. The number of urea groups is 1. The zero-order valence-electron chi connectivity index (χ0n) is 11.9. The Hall–Kier alpha value is -2.04. The summed E-state index contributed by atoms with van der Waals surface area (Å²) in [5, 5.41) is 9.20. The smallest absolute Gasteiger partial charge is 0.337 e. The van der Waals surface area contributed by atoms with Gasteiger partial charge in [0, 0.05) is 20.1 Å². The molecule has 1 saturated heterocycles. The molecular formula is C15H20N2O3. The first-order chi connectivity index (χ1) is 9.50. The lowest BCUT2D eigenvalue weighted by Crippen LogP contribution is -2.46. The van der Waals surface area contributed by atoms with E-state index >= 15 is 0 Å². The van der Waals surface area contributed by atoms with Crippen LogP contribution in [0.25, 0.3) is 0 Å². The van der Waals surface area contributed by atoms with Gasteiger partial charge in [-0.2, -0.15) is 0 Å². The number of hydrogen-bond donors (Lipinski definition) is 1. The van der Waals surface area contributed by atoms with Crippen LogP contribution in [0.4, 0.5) is 10.5 Å². The molecule has 20 heavy (non-hydrogen) atoms. The van der Waals surface area contributed by atoms with Crippen molar-refractivity contribution in [2.45, 2.75) is 19.8 Å². The topological polar surface area (TPSA) is 60.9 Å². The summed E-state index contributed by atoms with van der Waals surface area (Å²) in [7, 11) is 1.63. The van der Waals surface area contributed by atoms with Crippen molar-refractivity contribution < 1.29 is 14.7 Å². The predicted molar refractivity (Wildman–Crippen MR) is 77.2 cm³/mol. The summed E-state index contributed by atoms with van der Waals surface area (Å²) in [6.07, 6.45) is 2.14. The summed E-state index contributed by atoms with van der Waals surface area (Å²) < 4.78 is 0. The van der Waals surface area contributed by atoms with E-state index in [1.165, 1.54) is 11.0 Å². The van der Waals surface area contributed by atoms with Gasteiger partial charge in [0.1, 0.15) is 0 Å². The summed E-state index contributed by atoms with van der Waals surface area (Å²) in [5.74, 6) is -0.525. The first-order valence-electron chi connectivity index (χ1n) is 6.85. The number of anilines is 1. The van der Waals surface area contributed by atoms with Crippen molar-refractivity contribution in [1.29, 1.82) is 0 Å². The standard InChI is InChI=1S/C15H20N2O3/c1-11-6-5-9-17(10-11)15(20)16(2)13-8-4-3-7-12(13)14(18)19/h3-4,7-8,11H,5-6,9-10H2,1-2H3,(H,18,19). The molecule has 0 radical (unpaired) electrons. The normalized spacial score (nSPS) is 18.7. The van der Waals surface area contributed by atoms with E-state index in [1.54, 1.807) is 30.1 Å². The second-order valence-electron chi connectivity index (χ2n) is 5.36. The molecule has 1 aromatic rings. The Labute approximate surface area is 118 Å². The van der Waals surface area contributed by atoms with Gasteiger partial charge in [-0.05, 0) is 30.9 Å². The zero-order valence-corrected chi connectivity index (χ0v) is 11.9. The lowest BCUT2D eigenvalue weighted by atomic mass is 10.0. The number of carbonyl (C=O) groups excluding carboxylic acids is 1. The van der Waals surface area contributed by atoms with Crippen molar-refractivity contribution in [3.8, 4) is 0 Å². The lowest BCUT2D eigenvalue weighted by molar-refractivity contribution is 0.0697. The third-order valence-electron chi connectivity index (χ3n) is 3.71. The van der Waals surface area contributed by atoms with Crippen LogP contribution in [-0.2, 0) is 0 Å². The Kier molecular flexibility index (Phi) is 4.27. The SMILES string of the molecule is CC1CCCN(C(=O)N(C)c2ccccc2C(=O)O)C1. The molecule has 2 rings (SSSR count). The molecule has 1 aliphatic heterocycles. The Bertz CT molecular complexity index is 516. The first-order valence-corrected chi connectivity index (χ1v) is 6.85. The number of amides is 2. The monoisotopic (exact) mass is 276 g/mol. The van der Waals surface area contributed by atoms with E-state index in [9.17, 15) is 14.7 Å². The van der Waals surface area contributed by atoms with Gasteiger partial charge in [0.25, 0.3) is 0 Å². The van der Waals surface area contributed by atoms with E-state index in [0.29, 0.717) is 11.6 Å². The summed E-state index contributed by atoms with van der Waals surface area (Å²) >= 11 is 0. The van der Waals surface area contributed by atoms with Gasteiger partial charge < -0.3 is 10.0 Å². The molecule has 1 aromatic carbocycles. The molecule has 1 N–H and O–H groups in total. The number of likely N-dealkylation sites (tertiary alicyclic amines) is 1. The number of carboxylic acids is 1. The van der Waals surface area contributed by atoms with Gasteiger partial charge >= 0.3 is 12.0 Å². The highest BCUT2D eigenvalue weighted by Gasteiger charge is 2.26. The third kappa shape index (κ3) is 2.92. The van der Waals surface area contributed by atoms with E-state index in [0.717, 1.165) is 25.9 Å². The van der Waals surface area contributed by atoms with Crippen molar-refractivity contribution >= 4 is 17.7 Å². The Morgan fingerprint density at radius 2 is 2.05 bits per heavy atom. The number of aromatic carboxylic acids is 1. The maximum Gasteiger partial charge on any atom is 0.337 e. The van der Waals surface area contributed by atoms with Crippen LogP contribution >= 0.6 is 0 Å². The number of para-hydroxylation sites is 1. The highest BCUT2D eigenvalue weighted by Crippen LogP contribution is 2.23. The van der Waals surface area contributed by atoms with Crippen molar-refractivity contribution in [2.75, 3.05) is 25.0 Å². The highest BCUT2D eigenvalue weighted by atomic mass is 16.4. The predicted octanol–water partition coefficient (Wildman–Crippen LogP) is 2.67. The molecule has 0 spiro atoms. The van der Waals surface area contributed by atoms with Crippen LogP contribution in [-0.4, -0.2) is 42.1 Å². The number of nitrogens with zero attached hydrogens (tertiary/aromatic N) is 2. The first kappa shape index (κ1) is 14.4. The van der Waals surface area contributed by atoms with Gasteiger partial charge in [-0.3, -0.25) is 4.90 Å². The number of hydrogen-bond acceptors (Lipinski definition) is 2. The molecule has 0 bridgehead atoms. The fourth-order valence-corrected chi connectivity index (χ4v) is 2.63. The largest absolute Gasteiger partial charge is 0.478 e. The number of benzene rings is 1. The van der Waals surface area contributed by atoms with Crippen LogP contribution in [0, 0.1) is 5.92 Å². The highest BCUT2D eigenvalue weighted by molar-refractivity contribution is 6.01. The van der Waals surface area contributed by atoms with Gasteiger partial charge in [0.15, 0.2) is 0 Å². The van der Waals surface area contributed by atoms with Gasteiger partial charge in [0.2, 0.25) is 0 Å². The Morgan fingerprint density at radius 3 is 2.70 bits per heavy atom. The minimum absolute atomic E-state index is 0.134. The van der Waals surface area contributed by atoms with Crippen molar-refractivity contribution in [3.05, 3.63) is 29.8 Å². The van der Waals surface area contributed by atoms with Gasteiger partial charge in [-0.1, -0.05) is 19.1 Å². The number of rotatable bonds is 2. The van der Waals surface area contributed by atoms with E-state index < -0.39 is 5.97 Å². The molecule has 1 fully saturated rings. The van der Waals surface area contributed by atoms with Crippen LogP contribution in [0.2, 0.25) is 0 Å².